The minimum atomic E-state index is -0.698. The van der Waals surface area contributed by atoms with Crippen LogP contribution in [0.5, 0.6) is 0 Å². The molecule has 1 aliphatic heterocycles. The molecule has 3 aromatic rings. The number of unbranched alkanes of at least 4 members (excludes halogenated alkanes) is 1. The van der Waals surface area contributed by atoms with Crippen LogP contribution >= 0.6 is 11.6 Å². The van der Waals surface area contributed by atoms with Crippen molar-refractivity contribution in [1.82, 2.24) is 14.5 Å². The van der Waals surface area contributed by atoms with Crippen LogP contribution in [0.4, 0.5) is 15.8 Å². The minimum Gasteiger partial charge on any atom is -0.366 e. The van der Waals surface area contributed by atoms with Crippen LogP contribution in [0.2, 0.25) is 5.02 Å². The van der Waals surface area contributed by atoms with Gasteiger partial charge >= 0.3 is 0 Å². The highest BCUT2D eigenvalue weighted by Crippen LogP contribution is 2.32. The summed E-state index contributed by atoms with van der Waals surface area (Å²) < 4.78 is 17.3. The Morgan fingerprint density at radius 3 is 2.68 bits per heavy atom. The molecule has 1 amide bonds. The molecule has 0 unspecified atom stereocenters. The molecule has 3 N–H and O–H groups in total. The third kappa shape index (κ3) is 4.67. The van der Waals surface area contributed by atoms with E-state index in [0.29, 0.717) is 22.8 Å². The summed E-state index contributed by atoms with van der Waals surface area (Å²) in [6, 6.07) is 6.84. The fourth-order valence-electron chi connectivity index (χ4n) is 4.18. The lowest BCUT2D eigenvalue weighted by atomic mass is 10.1. The maximum atomic E-state index is 15.4. The molecule has 0 spiro atoms. The molecule has 4 rings (SSSR count). The summed E-state index contributed by atoms with van der Waals surface area (Å²) >= 11 is 6.01. The number of amides is 1. The lowest BCUT2D eigenvalue weighted by Crippen LogP contribution is -2.20. The smallest absolute Gasteiger partial charge is 0.251 e. The van der Waals surface area contributed by atoms with Crippen LogP contribution in [-0.4, -0.2) is 40.0 Å². The number of carbonyl (C=O) groups excluding carboxylic acids is 1. The standard InChI is InChI=1S/C23H27ClFN5O/c1-15-12-16(24)6-7-18(15)28-21-17(23(26)31)13-19-22(20(21)25)27-14-30(19)11-5-4-10-29-8-2-3-9-29/h6-7,12-14,28H,2-5,8-11H2,1H3,(H2,26,31). The number of aryl methyl sites for hydroxylation is 2. The van der Waals surface area contributed by atoms with Gasteiger partial charge in [-0.05, 0) is 82.1 Å². The Bertz CT molecular complexity index is 1110. The van der Waals surface area contributed by atoms with Crippen LogP contribution in [0.15, 0.2) is 30.6 Å². The summed E-state index contributed by atoms with van der Waals surface area (Å²) in [6.45, 7) is 6.02. The zero-order valence-corrected chi connectivity index (χ0v) is 18.4. The Balaban J connectivity index is 1.58. The van der Waals surface area contributed by atoms with Crippen molar-refractivity contribution in [2.45, 2.75) is 39.2 Å². The molecule has 1 fully saturated rings. The van der Waals surface area contributed by atoms with E-state index in [9.17, 15) is 4.79 Å². The number of rotatable bonds is 8. The van der Waals surface area contributed by atoms with Gasteiger partial charge in [0.05, 0.1) is 23.1 Å². The van der Waals surface area contributed by atoms with E-state index in [0.717, 1.165) is 24.9 Å². The molecule has 164 valence electrons. The third-order valence-electron chi connectivity index (χ3n) is 5.89. The number of benzene rings is 2. The molecule has 0 radical (unpaired) electrons. The molecule has 2 heterocycles. The number of fused-ring (bicyclic) bond motifs is 1. The topological polar surface area (TPSA) is 76.2 Å². The van der Waals surface area contributed by atoms with Gasteiger partial charge in [0.1, 0.15) is 5.52 Å². The first-order chi connectivity index (χ1) is 14.9. The molecule has 8 heteroatoms. The van der Waals surface area contributed by atoms with E-state index in [1.807, 2.05) is 11.5 Å². The van der Waals surface area contributed by atoms with Crippen molar-refractivity contribution in [1.29, 1.82) is 0 Å². The zero-order chi connectivity index (χ0) is 22.0. The van der Waals surface area contributed by atoms with Crippen LogP contribution in [-0.2, 0) is 6.54 Å². The fourth-order valence-corrected chi connectivity index (χ4v) is 4.40. The quantitative estimate of drug-likeness (QED) is 0.487. The summed E-state index contributed by atoms with van der Waals surface area (Å²) in [5, 5.41) is 3.59. The molecule has 0 bridgehead atoms. The van der Waals surface area contributed by atoms with Gasteiger partial charge in [0.25, 0.3) is 5.91 Å². The maximum Gasteiger partial charge on any atom is 0.251 e. The van der Waals surface area contributed by atoms with Gasteiger partial charge in [-0.2, -0.15) is 0 Å². The van der Waals surface area contributed by atoms with E-state index in [-0.39, 0.29) is 16.8 Å². The Labute approximate surface area is 186 Å². The maximum absolute atomic E-state index is 15.4. The molecule has 1 saturated heterocycles. The molecular formula is C23H27ClFN5O. The summed E-state index contributed by atoms with van der Waals surface area (Å²) in [6.07, 6.45) is 6.23. The van der Waals surface area contributed by atoms with Crippen LogP contribution in [0.3, 0.4) is 0 Å². The van der Waals surface area contributed by atoms with Crippen molar-refractivity contribution >= 4 is 39.9 Å². The average molecular weight is 444 g/mol. The highest BCUT2D eigenvalue weighted by atomic mass is 35.5. The van der Waals surface area contributed by atoms with E-state index in [1.54, 1.807) is 30.6 Å². The van der Waals surface area contributed by atoms with E-state index in [1.165, 1.54) is 25.9 Å². The number of hydrogen-bond acceptors (Lipinski definition) is 4. The van der Waals surface area contributed by atoms with Gasteiger partial charge in [-0.1, -0.05) is 11.6 Å². The molecule has 6 nitrogen and oxygen atoms in total. The first kappa shape index (κ1) is 21.6. The molecule has 2 aromatic carbocycles. The van der Waals surface area contributed by atoms with Crippen molar-refractivity contribution in [2.75, 3.05) is 25.0 Å². The number of likely N-dealkylation sites (tertiary alicyclic amines) is 1. The first-order valence-electron chi connectivity index (χ1n) is 10.7. The molecule has 0 saturated carbocycles. The Morgan fingerprint density at radius 1 is 1.23 bits per heavy atom. The number of imidazole rings is 1. The third-order valence-corrected chi connectivity index (χ3v) is 6.13. The van der Waals surface area contributed by atoms with Crippen molar-refractivity contribution in [3.63, 3.8) is 0 Å². The zero-order valence-electron chi connectivity index (χ0n) is 17.6. The van der Waals surface area contributed by atoms with Crippen LogP contribution in [0.25, 0.3) is 11.0 Å². The molecule has 1 aromatic heterocycles. The SMILES string of the molecule is Cc1cc(Cl)ccc1Nc1c(C(N)=O)cc2c(ncn2CCCCN2CCCC2)c1F. The van der Waals surface area contributed by atoms with Gasteiger partial charge in [0.15, 0.2) is 5.82 Å². The number of nitrogens with two attached hydrogens (primary N) is 1. The van der Waals surface area contributed by atoms with Crippen molar-refractivity contribution < 1.29 is 9.18 Å². The highest BCUT2D eigenvalue weighted by molar-refractivity contribution is 6.30. The lowest BCUT2D eigenvalue weighted by molar-refractivity contribution is 0.100. The van der Waals surface area contributed by atoms with Crippen LogP contribution < -0.4 is 11.1 Å². The number of hydrogen-bond donors (Lipinski definition) is 2. The second kappa shape index (κ2) is 9.24. The summed E-state index contributed by atoms with van der Waals surface area (Å²) in [5.74, 6) is -1.28. The monoisotopic (exact) mass is 443 g/mol. The fraction of sp³-hybridized carbons (Fsp3) is 0.391. The molecular weight excluding hydrogens is 417 g/mol. The summed E-state index contributed by atoms with van der Waals surface area (Å²) in [5.41, 5.74) is 7.99. The highest BCUT2D eigenvalue weighted by Gasteiger charge is 2.21. The first-order valence-corrected chi connectivity index (χ1v) is 11.0. The molecule has 1 aliphatic rings. The Hall–Kier alpha value is -2.64. The van der Waals surface area contributed by atoms with Gasteiger partial charge in [-0.3, -0.25) is 4.79 Å². The Morgan fingerprint density at radius 2 is 1.97 bits per heavy atom. The predicted octanol–water partition coefficient (Wildman–Crippen LogP) is 4.86. The lowest BCUT2D eigenvalue weighted by Gasteiger charge is -2.15. The number of carbonyl (C=O) groups is 1. The molecule has 0 aliphatic carbocycles. The van der Waals surface area contributed by atoms with E-state index < -0.39 is 11.7 Å². The number of nitrogens with one attached hydrogen (secondary N) is 1. The van der Waals surface area contributed by atoms with E-state index in [2.05, 4.69) is 15.2 Å². The summed E-state index contributed by atoms with van der Waals surface area (Å²) in [4.78, 5) is 18.9. The Kier molecular flexibility index (Phi) is 6.43. The van der Waals surface area contributed by atoms with Gasteiger partial charge < -0.3 is 20.5 Å². The average Bonchev–Trinajstić information content (AvgIpc) is 3.39. The number of aromatic nitrogens is 2. The second-order valence-electron chi connectivity index (χ2n) is 8.12. The summed E-state index contributed by atoms with van der Waals surface area (Å²) in [7, 11) is 0. The van der Waals surface area contributed by atoms with E-state index in [4.69, 9.17) is 17.3 Å². The van der Waals surface area contributed by atoms with Crippen LogP contribution in [0, 0.1) is 12.7 Å². The minimum absolute atomic E-state index is 0.0321. The number of halogens is 2. The second-order valence-corrected chi connectivity index (χ2v) is 8.56. The predicted molar refractivity (Wildman–Crippen MR) is 123 cm³/mol. The van der Waals surface area contributed by atoms with E-state index >= 15 is 4.39 Å². The number of primary amides is 1. The van der Waals surface area contributed by atoms with Crippen molar-refractivity contribution in [2.24, 2.45) is 5.73 Å². The van der Waals surface area contributed by atoms with Gasteiger partial charge in [-0.15, -0.1) is 0 Å². The van der Waals surface area contributed by atoms with Gasteiger partial charge in [-0.25, -0.2) is 9.37 Å². The number of anilines is 2. The molecule has 31 heavy (non-hydrogen) atoms. The molecule has 0 atom stereocenters. The van der Waals surface area contributed by atoms with Gasteiger partial charge in [0.2, 0.25) is 0 Å². The van der Waals surface area contributed by atoms with Crippen LogP contribution in [0.1, 0.15) is 41.6 Å². The largest absolute Gasteiger partial charge is 0.366 e. The number of nitrogens with zero attached hydrogens (tertiary/aromatic N) is 3. The van der Waals surface area contributed by atoms with Crippen molar-refractivity contribution in [3.8, 4) is 0 Å². The van der Waals surface area contributed by atoms with Crippen molar-refractivity contribution in [3.05, 3.63) is 52.6 Å². The normalized spacial score (nSPS) is 14.4. The van der Waals surface area contributed by atoms with Gasteiger partial charge in [0, 0.05) is 17.3 Å².